The minimum Gasteiger partial charge on any atom is -0.343 e. The number of hydrogen-bond acceptors (Lipinski definition) is 2. The van der Waals surface area contributed by atoms with Gasteiger partial charge in [0.05, 0.1) is 6.54 Å². The highest BCUT2D eigenvalue weighted by molar-refractivity contribution is 6.30. The van der Waals surface area contributed by atoms with Crippen LogP contribution in [0.2, 0.25) is 5.02 Å². The monoisotopic (exact) mass is 338 g/mol. The number of anilines is 1. The fourth-order valence-electron chi connectivity index (χ4n) is 2.33. The highest BCUT2D eigenvalue weighted by Gasteiger charge is 2.09. The Bertz CT molecular complexity index is 891. The lowest BCUT2D eigenvalue weighted by atomic mass is 10.1. The molecule has 2 N–H and O–H groups in total. The third-order valence-electron chi connectivity index (χ3n) is 3.55. The molecule has 0 aliphatic carbocycles. The lowest BCUT2D eigenvalue weighted by Gasteiger charge is -2.08. The molecule has 0 aliphatic heterocycles. The highest BCUT2D eigenvalue weighted by atomic mass is 35.5. The Morgan fingerprint density at radius 2 is 1.58 bits per heavy atom. The van der Waals surface area contributed by atoms with E-state index in [1.54, 1.807) is 30.3 Å². The molecule has 24 heavy (non-hydrogen) atoms. The molecule has 3 aromatic rings. The molecule has 2 amide bonds. The third-order valence-corrected chi connectivity index (χ3v) is 3.80. The zero-order chi connectivity index (χ0) is 16.9. The average Bonchev–Trinajstić information content (AvgIpc) is 2.61. The Hall–Kier alpha value is -2.85. The van der Waals surface area contributed by atoms with Gasteiger partial charge in [-0.05, 0) is 47.2 Å². The third kappa shape index (κ3) is 3.91. The first-order valence-corrected chi connectivity index (χ1v) is 7.82. The van der Waals surface area contributed by atoms with Crippen LogP contribution in [0.5, 0.6) is 0 Å². The molecule has 120 valence electrons. The number of nitrogens with one attached hydrogen (secondary N) is 2. The molecule has 0 saturated heterocycles. The van der Waals surface area contributed by atoms with Crippen LogP contribution in [0, 0.1) is 0 Å². The number of rotatable bonds is 4. The molecule has 0 radical (unpaired) electrons. The zero-order valence-electron chi connectivity index (χ0n) is 12.8. The van der Waals surface area contributed by atoms with Gasteiger partial charge in [0, 0.05) is 16.3 Å². The molecular weight excluding hydrogens is 324 g/mol. The molecule has 3 rings (SSSR count). The van der Waals surface area contributed by atoms with E-state index in [1.807, 2.05) is 36.4 Å². The Morgan fingerprint density at radius 3 is 2.33 bits per heavy atom. The van der Waals surface area contributed by atoms with Crippen LogP contribution in [0.25, 0.3) is 10.8 Å². The van der Waals surface area contributed by atoms with Crippen LogP contribution in [-0.2, 0) is 4.79 Å². The molecule has 0 aliphatic rings. The summed E-state index contributed by atoms with van der Waals surface area (Å²) in [6.07, 6.45) is 0. The van der Waals surface area contributed by atoms with E-state index in [1.165, 1.54) is 0 Å². The van der Waals surface area contributed by atoms with Crippen LogP contribution < -0.4 is 10.6 Å². The van der Waals surface area contributed by atoms with E-state index in [4.69, 9.17) is 11.6 Å². The minimum absolute atomic E-state index is 0.103. The topological polar surface area (TPSA) is 58.2 Å². The molecule has 0 bridgehead atoms. The molecule has 0 fully saturated rings. The van der Waals surface area contributed by atoms with Crippen molar-refractivity contribution in [1.29, 1.82) is 0 Å². The quantitative estimate of drug-likeness (QED) is 0.759. The van der Waals surface area contributed by atoms with Crippen LogP contribution in [0.3, 0.4) is 0 Å². The molecule has 0 atom stereocenters. The normalized spacial score (nSPS) is 10.4. The maximum atomic E-state index is 12.2. The Balaban J connectivity index is 1.59. The maximum Gasteiger partial charge on any atom is 0.251 e. The fourth-order valence-corrected chi connectivity index (χ4v) is 2.46. The summed E-state index contributed by atoms with van der Waals surface area (Å²) in [5.41, 5.74) is 1.15. The number of fused-ring (bicyclic) bond motifs is 1. The van der Waals surface area contributed by atoms with Crippen molar-refractivity contribution >= 4 is 39.9 Å². The van der Waals surface area contributed by atoms with Crippen molar-refractivity contribution in [3.8, 4) is 0 Å². The molecule has 3 aromatic carbocycles. The van der Waals surface area contributed by atoms with Crippen molar-refractivity contribution in [1.82, 2.24) is 5.32 Å². The van der Waals surface area contributed by atoms with Gasteiger partial charge < -0.3 is 10.6 Å². The van der Waals surface area contributed by atoms with Crippen LogP contribution in [-0.4, -0.2) is 18.4 Å². The van der Waals surface area contributed by atoms with E-state index in [0.29, 0.717) is 16.3 Å². The molecule has 5 heteroatoms. The molecular formula is C19H15ClN2O2. The van der Waals surface area contributed by atoms with Crippen molar-refractivity contribution < 1.29 is 9.59 Å². The fraction of sp³-hybridized carbons (Fsp3) is 0.0526. The Labute approximate surface area is 144 Å². The van der Waals surface area contributed by atoms with Gasteiger partial charge in [-0.2, -0.15) is 0 Å². The average molecular weight is 339 g/mol. The summed E-state index contributed by atoms with van der Waals surface area (Å²) in [7, 11) is 0. The predicted molar refractivity (Wildman–Crippen MR) is 96.4 cm³/mol. The van der Waals surface area contributed by atoms with Gasteiger partial charge in [-0.3, -0.25) is 9.59 Å². The summed E-state index contributed by atoms with van der Waals surface area (Å²) in [5.74, 6) is -0.585. The summed E-state index contributed by atoms with van der Waals surface area (Å²) >= 11 is 5.79. The molecule has 4 nitrogen and oxygen atoms in total. The SMILES string of the molecule is O=C(CNC(=O)c1ccc2ccccc2c1)Nc1ccc(Cl)cc1. The van der Waals surface area contributed by atoms with Crippen molar-refractivity contribution in [3.63, 3.8) is 0 Å². The summed E-state index contributed by atoms with van der Waals surface area (Å²) in [4.78, 5) is 24.1. The largest absolute Gasteiger partial charge is 0.343 e. The van der Waals surface area contributed by atoms with E-state index >= 15 is 0 Å². The number of hydrogen-bond donors (Lipinski definition) is 2. The van der Waals surface area contributed by atoms with E-state index in [0.717, 1.165) is 10.8 Å². The van der Waals surface area contributed by atoms with Gasteiger partial charge in [-0.1, -0.05) is 41.9 Å². The first kappa shape index (κ1) is 16.0. The Kier molecular flexibility index (Phi) is 4.77. The van der Waals surface area contributed by atoms with Gasteiger partial charge in [0.25, 0.3) is 5.91 Å². The summed E-state index contributed by atoms with van der Waals surface area (Å²) in [6.45, 7) is -0.103. The van der Waals surface area contributed by atoms with Crippen molar-refractivity contribution in [2.24, 2.45) is 0 Å². The summed E-state index contributed by atoms with van der Waals surface area (Å²) < 4.78 is 0. The zero-order valence-corrected chi connectivity index (χ0v) is 13.5. The molecule has 0 aromatic heterocycles. The Morgan fingerprint density at radius 1 is 0.875 bits per heavy atom. The smallest absolute Gasteiger partial charge is 0.251 e. The van der Waals surface area contributed by atoms with E-state index < -0.39 is 0 Å². The van der Waals surface area contributed by atoms with Gasteiger partial charge in [0.15, 0.2) is 0 Å². The van der Waals surface area contributed by atoms with Gasteiger partial charge in [0.1, 0.15) is 0 Å². The summed E-state index contributed by atoms with van der Waals surface area (Å²) in [6, 6.07) is 20.0. The number of carbonyl (C=O) groups is 2. The van der Waals surface area contributed by atoms with Crippen LogP contribution in [0.15, 0.2) is 66.7 Å². The first-order valence-electron chi connectivity index (χ1n) is 7.44. The summed E-state index contributed by atoms with van der Waals surface area (Å²) in [5, 5.41) is 7.95. The second kappa shape index (κ2) is 7.15. The number of amides is 2. The molecule has 0 heterocycles. The second-order valence-electron chi connectivity index (χ2n) is 5.30. The minimum atomic E-state index is -0.300. The highest BCUT2D eigenvalue weighted by Crippen LogP contribution is 2.15. The van der Waals surface area contributed by atoms with E-state index in [-0.39, 0.29) is 18.4 Å². The lowest BCUT2D eigenvalue weighted by molar-refractivity contribution is -0.115. The van der Waals surface area contributed by atoms with E-state index in [2.05, 4.69) is 10.6 Å². The van der Waals surface area contributed by atoms with Gasteiger partial charge in [0.2, 0.25) is 5.91 Å². The van der Waals surface area contributed by atoms with Crippen LogP contribution in [0.4, 0.5) is 5.69 Å². The van der Waals surface area contributed by atoms with E-state index in [9.17, 15) is 9.59 Å². The van der Waals surface area contributed by atoms with Crippen LogP contribution in [0.1, 0.15) is 10.4 Å². The second-order valence-corrected chi connectivity index (χ2v) is 5.74. The molecule has 0 spiro atoms. The number of halogens is 1. The first-order chi connectivity index (χ1) is 11.6. The predicted octanol–water partition coefficient (Wildman–Crippen LogP) is 3.86. The number of benzene rings is 3. The standard InChI is InChI=1S/C19H15ClN2O2/c20-16-7-9-17(10-8-16)22-18(23)12-21-19(24)15-6-5-13-3-1-2-4-14(13)11-15/h1-11H,12H2,(H,21,24)(H,22,23). The number of carbonyl (C=O) groups excluding carboxylic acids is 2. The van der Waals surface area contributed by atoms with Crippen molar-refractivity contribution in [2.45, 2.75) is 0 Å². The maximum absolute atomic E-state index is 12.2. The molecule has 0 saturated carbocycles. The van der Waals surface area contributed by atoms with Crippen molar-refractivity contribution in [3.05, 3.63) is 77.3 Å². The van der Waals surface area contributed by atoms with Crippen molar-refractivity contribution in [2.75, 3.05) is 11.9 Å². The van der Waals surface area contributed by atoms with Gasteiger partial charge in [-0.25, -0.2) is 0 Å². The van der Waals surface area contributed by atoms with Gasteiger partial charge >= 0.3 is 0 Å². The van der Waals surface area contributed by atoms with Gasteiger partial charge in [-0.15, -0.1) is 0 Å². The lowest BCUT2D eigenvalue weighted by Crippen LogP contribution is -2.32. The van der Waals surface area contributed by atoms with Crippen LogP contribution >= 0.6 is 11.6 Å². The molecule has 0 unspecified atom stereocenters.